The van der Waals surface area contributed by atoms with Crippen molar-refractivity contribution in [2.24, 2.45) is 0 Å². The molecule has 0 spiro atoms. The summed E-state index contributed by atoms with van der Waals surface area (Å²) in [6.45, 7) is 7.02. The van der Waals surface area contributed by atoms with Crippen molar-refractivity contribution in [1.82, 2.24) is 14.9 Å². The van der Waals surface area contributed by atoms with Crippen molar-refractivity contribution in [3.8, 4) is 0 Å². The molecule has 0 radical (unpaired) electrons. The normalized spacial score (nSPS) is 10.9. The summed E-state index contributed by atoms with van der Waals surface area (Å²) in [5.74, 6) is 0.195. The summed E-state index contributed by atoms with van der Waals surface area (Å²) in [5, 5.41) is 13.6. The maximum atomic E-state index is 12.0. The van der Waals surface area contributed by atoms with Gasteiger partial charge in [0, 0.05) is 26.4 Å². The number of imidazole rings is 1. The zero-order chi connectivity index (χ0) is 19.1. The molecule has 2 aromatic rings. The molecule has 1 N–H and O–H groups in total. The second-order valence-corrected chi connectivity index (χ2v) is 6.30. The molecule has 8 nitrogen and oxygen atoms in total. The van der Waals surface area contributed by atoms with E-state index < -0.39 is 4.92 Å². The number of nitro groups is 1. The van der Waals surface area contributed by atoms with E-state index in [4.69, 9.17) is 4.74 Å². The molecule has 0 atom stereocenters. The minimum absolute atomic E-state index is 0.118. The third kappa shape index (κ3) is 5.96. The number of hydrogen-bond acceptors (Lipinski definition) is 5. The molecule has 1 aromatic heterocycles. The van der Waals surface area contributed by atoms with Crippen LogP contribution in [0.2, 0.25) is 0 Å². The number of aromatic nitrogens is 2. The van der Waals surface area contributed by atoms with Crippen LogP contribution in [0.3, 0.4) is 0 Å². The van der Waals surface area contributed by atoms with Gasteiger partial charge in [0.2, 0.25) is 11.7 Å². The molecule has 2 rings (SSSR count). The first kappa shape index (κ1) is 19.6. The maximum absolute atomic E-state index is 12.0. The molecule has 140 valence electrons. The second kappa shape index (κ2) is 9.10. The molecular formula is C18H24N4O4. The first-order valence-corrected chi connectivity index (χ1v) is 8.49. The van der Waals surface area contributed by atoms with Crippen LogP contribution in [-0.4, -0.2) is 26.5 Å². The molecule has 1 amide bonds. The third-order valence-electron chi connectivity index (χ3n) is 3.83. The van der Waals surface area contributed by atoms with Gasteiger partial charge in [0.25, 0.3) is 0 Å². The lowest BCUT2D eigenvalue weighted by Crippen LogP contribution is -2.24. The molecule has 1 aromatic carbocycles. The van der Waals surface area contributed by atoms with E-state index in [1.54, 1.807) is 11.5 Å². The van der Waals surface area contributed by atoms with E-state index in [-0.39, 0.29) is 24.2 Å². The molecule has 8 heteroatoms. The molecule has 0 bridgehead atoms. The van der Waals surface area contributed by atoms with Crippen LogP contribution in [0.1, 0.15) is 37.2 Å². The number of aryl methyl sites for hydroxylation is 2. The highest BCUT2D eigenvalue weighted by Gasteiger charge is 2.15. The van der Waals surface area contributed by atoms with E-state index in [1.807, 2.05) is 38.1 Å². The van der Waals surface area contributed by atoms with Crippen LogP contribution in [0, 0.1) is 17.0 Å². The predicted octanol–water partition coefficient (Wildman–Crippen LogP) is 2.73. The number of nitrogens with zero attached hydrogens (tertiary/aromatic N) is 3. The van der Waals surface area contributed by atoms with Crippen molar-refractivity contribution in [1.29, 1.82) is 0 Å². The Balaban J connectivity index is 1.77. The minimum Gasteiger partial charge on any atom is -0.374 e. The number of carbonyl (C=O) groups is 1. The Kier molecular flexibility index (Phi) is 6.85. The van der Waals surface area contributed by atoms with E-state index in [0.29, 0.717) is 25.5 Å². The van der Waals surface area contributed by atoms with Crippen molar-refractivity contribution >= 4 is 11.7 Å². The zero-order valence-corrected chi connectivity index (χ0v) is 15.3. The number of nitrogens with one attached hydrogen (secondary N) is 1. The lowest BCUT2D eigenvalue weighted by molar-refractivity contribution is -0.389. The summed E-state index contributed by atoms with van der Waals surface area (Å²) in [6, 6.07) is 7.89. The van der Waals surface area contributed by atoms with Crippen molar-refractivity contribution in [3.63, 3.8) is 0 Å². The van der Waals surface area contributed by atoms with E-state index in [1.165, 1.54) is 6.20 Å². The molecule has 0 aliphatic carbocycles. The highest BCUT2D eigenvalue weighted by Crippen LogP contribution is 2.11. The van der Waals surface area contributed by atoms with Gasteiger partial charge in [-0.05, 0) is 34.9 Å². The van der Waals surface area contributed by atoms with Gasteiger partial charge >= 0.3 is 5.82 Å². The van der Waals surface area contributed by atoms with Gasteiger partial charge in [0.05, 0.1) is 12.7 Å². The van der Waals surface area contributed by atoms with E-state index >= 15 is 0 Å². The van der Waals surface area contributed by atoms with Crippen LogP contribution in [0.15, 0.2) is 30.5 Å². The predicted molar refractivity (Wildman–Crippen MR) is 96.4 cm³/mol. The summed E-state index contributed by atoms with van der Waals surface area (Å²) in [4.78, 5) is 26.0. The maximum Gasteiger partial charge on any atom is 0.381 e. The lowest BCUT2D eigenvalue weighted by atomic mass is 10.1. The van der Waals surface area contributed by atoms with Gasteiger partial charge in [-0.25, -0.2) is 0 Å². The first-order valence-electron chi connectivity index (χ1n) is 8.49. The molecule has 0 saturated heterocycles. The van der Waals surface area contributed by atoms with Gasteiger partial charge in [-0.2, -0.15) is 0 Å². The lowest BCUT2D eigenvalue weighted by Gasteiger charge is -2.09. The topological polar surface area (TPSA) is 99.3 Å². The standard InChI is InChI=1S/C18H24N4O4/c1-13(2)26-12-16-6-4-15(5-7-16)10-19-18(23)8-9-21-11-17(22(24)25)20-14(21)3/h4-7,11,13H,8-10,12H2,1-3H3,(H,19,23). The number of rotatable bonds is 9. The van der Waals surface area contributed by atoms with Crippen molar-refractivity contribution in [2.45, 2.75) is 53.0 Å². The van der Waals surface area contributed by atoms with Crippen LogP contribution in [0.5, 0.6) is 0 Å². The Bertz CT molecular complexity index is 753. The van der Waals surface area contributed by atoms with E-state index in [9.17, 15) is 14.9 Å². The fraction of sp³-hybridized carbons (Fsp3) is 0.444. The number of carbonyl (C=O) groups excluding carboxylic acids is 1. The van der Waals surface area contributed by atoms with Crippen LogP contribution >= 0.6 is 0 Å². The Labute approximate surface area is 152 Å². The number of ether oxygens (including phenoxy) is 1. The monoisotopic (exact) mass is 360 g/mol. The summed E-state index contributed by atoms with van der Waals surface area (Å²) < 4.78 is 7.16. The van der Waals surface area contributed by atoms with Gasteiger partial charge in [0.15, 0.2) is 0 Å². The van der Waals surface area contributed by atoms with Gasteiger partial charge in [-0.3, -0.25) is 4.79 Å². The Hall–Kier alpha value is -2.74. The highest BCUT2D eigenvalue weighted by molar-refractivity contribution is 5.75. The molecule has 0 aliphatic heterocycles. The average molecular weight is 360 g/mol. The molecule has 0 unspecified atom stereocenters. The Morgan fingerprint density at radius 2 is 1.96 bits per heavy atom. The highest BCUT2D eigenvalue weighted by atomic mass is 16.6. The fourth-order valence-corrected chi connectivity index (χ4v) is 2.33. The van der Waals surface area contributed by atoms with E-state index in [2.05, 4.69) is 10.3 Å². The molecule has 0 fully saturated rings. The van der Waals surface area contributed by atoms with Crippen LogP contribution in [0.4, 0.5) is 5.82 Å². The quantitative estimate of drug-likeness (QED) is 0.547. The Morgan fingerprint density at radius 3 is 2.54 bits per heavy atom. The third-order valence-corrected chi connectivity index (χ3v) is 3.83. The van der Waals surface area contributed by atoms with Crippen molar-refractivity contribution in [2.75, 3.05) is 0 Å². The zero-order valence-electron chi connectivity index (χ0n) is 15.3. The Morgan fingerprint density at radius 1 is 1.31 bits per heavy atom. The fourth-order valence-electron chi connectivity index (χ4n) is 2.33. The molecule has 0 saturated carbocycles. The second-order valence-electron chi connectivity index (χ2n) is 6.30. The number of amides is 1. The molecule has 0 aliphatic rings. The first-order chi connectivity index (χ1) is 12.3. The van der Waals surface area contributed by atoms with Gasteiger partial charge in [-0.15, -0.1) is 0 Å². The number of hydrogen-bond donors (Lipinski definition) is 1. The minimum atomic E-state index is -0.542. The average Bonchev–Trinajstić information content (AvgIpc) is 2.98. The van der Waals surface area contributed by atoms with Crippen molar-refractivity contribution < 1.29 is 14.5 Å². The molecule has 26 heavy (non-hydrogen) atoms. The van der Waals surface area contributed by atoms with Crippen molar-refractivity contribution in [3.05, 3.63) is 57.5 Å². The summed E-state index contributed by atoms with van der Waals surface area (Å²) in [5.41, 5.74) is 2.09. The van der Waals surface area contributed by atoms with E-state index in [0.717, 1.165) is 11.1 Å². The molecule has 1 heterocycles. The number of benzene rings is 1. The van der Waals surface area contributed by atoms with Crippen LogP contribution in [-0.2, 0) is 29.2 Å². The summed E-state index contributed by atoms with van der Waals surface area (Å²) >= 11 is 0. The summed E-state index contributed by atoms with van der Waals surface area (Å²) in [6.07, 6.45) is 1.77. The van der Waals surface area contributed by atoms with Gasteiger partial charge in [-0.1, -0.05) is 24.3 Å². The smallest absolute Gasteiger partial charge is 0.374 e. The van der Waals surface area contributed by atoms with Crippen LogP contribution in [0.25, 0.3) is 0 Å². The summed E-state index contributed by atoms with van der Waals surface area (Å²) in [7, 11) is 0. The van der Waals surface area contributed by atoms with Gasteiger partial charge in [0.1, 0.15) is 6.20 Å². The van der Waals surface area contributed by atoms with Gasteiger partial charge < -0.3 is 24.7 Å². The molecular weight excluding hydrogens is 336 g/mol. The SMILES string of the molecule is Cc1nc([N+](=O)[O-])cn1CCC(=O)NCc1ccc(COC(C)C)cc1. The largest absolute Gasteiger partial charge is 0.381 e. The van der Waals surface area contributed by atoms with Crippen LogP contribution < -0.4 is 5.32 Å².